The van der Waals surface area contributed by atoms with Crippen LogP contribution in [0.4, 0.5) is 0 Å². The van der Waals surface area contributed by atoms with Crippen LogP contribution >= 0.6 is 0 Å². The molecule has 0 aliphatic heterocycles. The van der Waals surface area contributed by atoms with Crippen molar-refractivity contribution in [2.24, 2.45) is 0 Å². The largest absolute Gasteiger partial charge is 0.300 e. The molecule has 0 aromatic heterocycles. The van der Waals surface area contributed by atoms with Crippen molar-refractivity contribution < 1.29 is 4.79 Å². The van der Waals surface area contributed by atoms with E-state index in [2.05, 4.69) is 12.7 Å². The fourth-order valence-electron chi connectivity index (χ4n) is 0.753. The number of carbonyl (C=O) groups excluding carboxylic acids is 1. The van der Waals surface area contributed by atoms with E-state index in [1.54, 1.807) is 6.92 Å². The molecule has 0 N–H and O–H groups in total. The van der Waals surface area contributed by atoms with E-state index in [4.69, 9.17) is 0 Å². The van der Waals surface area contributed by atoms with E-state index in [1.807, 2.05) is 13.0 Å². The van der Waals surface area contributed by atoms with Crippen LogP contribution in [0.15, 0.2) is 24.3 Å². The summed E-state index contributed by atoms with van der Waals surface area (Å²) in [6.45, 7) is 7.32. The molecule has 0 radical (unpaired) electrons. The summed E-state index contributed by atoms with van der Waals surface area (Å²) in [6.07, 6.45) is 6.68. The van der Waals surface area contributed by atoms with Gasteiger partial charge in [-0.05, 0) is 26.7 Å². The number of Topliss-reactive ketones (excluding diaryl/α,β-unsaturated/α-hetero) is 1. The molecule has 1 heteroatoms. The van der Waals surface area contributed by atoms with Gasteiger partial charge in [-0.25, -0.2) is 0 Å². The van der Waals surface area contributed by atoms with Gasteiger partial charge in [-0.3, -0.25) is 0 Å². The highest BCUT2D eigenvalue weighted by atomic mass is 16.1. The van der Waals surface area contributed by atoms with Crippen molar-refractivity contribution in [1.82, 2.24) is 0 Å². The van der Waals surface area contributed by atoms with E-state index in [-0.39, 0.29) is 5.78 Å². The quantitative estimate of drug-likeness (QED) is 0.437. The van der Waals surface area contributed by atoms with Gasteiger partial charge in [-0.15, -0.1) is 0 Å². The normalized spacial score (nSPS) is 10.4. The molecule has 0 aromatic carbocycles. The maximum Gasteiger partial charge on any atom is 0.129 e. The van der Waals surface area contributed by atoms with Gasteiger partial charge >= 0.3 is 0 Å². The summed E-state index contributed by atoms with van der Waals surface area (Å²) in [5.74, 6) is 0.272. The zero-order chi connectivity index (χ0) is 8.69. The Morgan fingerprint density at radius 1 is 1.45 bits per heavy atom. The lowest BCUT2D eigenvalue weighted by atomic mass is 10.2. The average molecular weight is 152 g/mol. The van der Waals surface area contributed by atoms with Crippen LogP contribution in [-0.4, -0.2) is 5.78 Å². The van der Waals surface area contributed by atoms with Crippen LogP contribution in [0.25, 0.3) is 0 Å². The predicted molar refractivity (Wildman–Crippen MR) is 48.5 cm³/mol. The molecule has 0 rings (SSSR count). The molecule has 0 saturated heterocycles. The van der Waals surface area contributed by atoms with Crippen LogP contribution in [0.5, 0.6) is 0 Å². The summed E-state index contributed by atoms with van der Waals surface area (Å²) in [4.78, 5) is 10.5. The Labute approximate surface area is 68.8 Å². The molecule has 0 amide bonds. The fraction of sp³-hybridized carbons (Fsp3) is 0.500. The Bertz CT molecular complexity index is 166. The van der Waals surface area contributed by atoms with Gasteiger partial charge in [0.25, 0.3) is 0 Å². The molecule has 0 aliphatic rings. The maximum atomic E-state index is 10.5. The molecule has 0 unspecified atom stereocenters. The second kappa shape index (κ2) is 5.90. The number of unbranched alkanes of at least 4 members (excludes halogenated alkanes) is 1. The van der Waals surface area contributed by atoms with Gasteiger partial charge in [0.1, 0.15) is 5.78 Å². The standard InChI is InChI=1S/C10H16O/c1-9(2)7-5-4-6-8-10(3)11/h5,7H,1,4,6,8H2,2-3H3. The summed E-state index contributed by atoms with van der Waals surface area (Å²) in [5, 5.41) is 0. The van der Waals surface area contributed by atoms with Gasteiger partial charge in [0.05, 0.1) is 0 Å². The maximum absolute atomic E-state index is 10.5. The molecule has 11 heavy (non-hydrogen) atoms. The second-order valence-electron chi connectivity index (χ2n) is 2.84. The summed E-state index contributed by atoms with van der Waals surface area (Å²) in [5.41, 5.74) is 1.06. The van der Waals surface area contributed by atoms with Crippen molar-refractivity contribution >= 4 is 5.78 Å². The average Bonchev–Trinajstić information content (AvgIpc) is 1.85. The third kappa shape index (κ3) is 9.15. The SMILES string of the molecule is C=C(C)C=CCCCC(C)=O. The third-order valence-electron chi connectivity index (χ3n) is 1.30. The van der Waals surface area contributed by atoms with Gasteiger partial charge in [0.2, 0.25) is 0 Å². The first-order valence-corrected chi connectivity index (χ1v) is 3.94. The lowest BCUT2D eigenvalue weighted by Gasteiger charge is -1.90. The van der Waals surface area contributed by atoms with E-state index < -0.39 is 0 Å². The molecule has 0 aromatic rings. The van der Waals surface area contributed by atoms with E-state index in [0.717, 1.165) is 18.4 Å². The van der Waals surface area contributed by atoms with E-state index in [1.165, 1.54) is 0 Å². The molecular formula is C10H16O. The molecule has 0 heterocycles. The summed E-state index contributed by atoms with van der Waals surface area (Å²) in [6, 6.07) is 0. The highest BCUT2D eigenvalue weighted by molar-refractivity contribution is 5.75. The zero-order valence-electron chi connectivity index (χ0n) is 7.39. The topological polar surface area (TPSA) is 17.1 Å². The van der Waals surface area contributed by atoms with Crippen LogP contribution in [0, 0.1) is 0 Å². The Morgan fingerprint density at radius 2 is 2.09 bits per heavy atom. The van der Waals surface area contributed by atoms with Crippen molar-refractivity contribution in [2.75, 3.05) is 0 Å². The van der Waals surface area contributed by atoms with Crippen molar-refractivity contribution in [3.05, 3.63) is 24.3 Å². The number of hydrogen-bond donors (Lipinski definition) is 0. The summed E-state index contributed by atoms with van der Waals surface area (Å²) >= 11 is 0. The fourth-order valence-corrected chi connectivity index (χ4v) is 0.753. The van der Waals surface area contributed by atoms with Gasteiger partial charge < -0.3 is 4.79 Å². The Hall–Kier alpha value is -0.850. The molecule has 1 nitrogen and oxygen atoms in total. The predicted octanol–water partition coefficient (Wildman–Crippen LogP) is 2.88. The molecule has 0 fully saturated rings. The second-order valence-corrected chi connectivity index (χ2v) is 2.84. The van der Waals surface area contributed by atoms with Crippen molar-refractivity contribution in [2.45, 2.75) is 33.1 Å². The van der Waals surface area contributed by atoms with E-state index in [9.17, 15) is 4.79 Å². The van der Waals surface area contributed by atoms with Crippen LogP contribution in [0.3, 0.4) is 0 Å². The van der Waals surface area contributed by atoms with Crippen molar-refractivity contribution in [1.29, 1.82) is 0 Å². The highest BCUT2D eigenvalue weighted by Gasteiger charge is 1.89. The van der Waals surface area contributed by atoms with Crippen LogP contribution in [0.2, 0.25) is 0 Å². The van der Waals surface area contributed by atoms with E-state index in [0.29, 0.717) is 6.42 Å². The smallest absolute Gasteiger partial charge is 0.129 e. The number of allylic oxidation sites excluding steroid dienone is 3. The van der Waals surface area contributed by atoms with Gasteiger partial charge in [-0.1, -0.05) is 24.3 Å². The number of hydrogen-bond acceptors (Lipinski definition) is 1. The Balaban J connectivity index is 3.27. The minimum Gasteiger partial charge on any atom is -0.300 e. The minimum atomic E-state index is 0.272. The monoisotopic (exact) mass is 152 g/mol. The first-order valence-electron chi connectivity index (χ1n) is 3.94. The molecule has 62 valence electrons. The Morgan fingerprint density at radius 3 is 2.55 bits per heavy atom. The zero-order valence-corrected chi connectivity index (χ0v) is 7.39. The third-order valence-corrected chi connectivity index (χ3v) is 1.30. The van der Waals surface area contributed by atoms with Crippen LogP contribution < -0.4 is 0 Å². The van der Waals surface area contributed by atoms with Crippen LogP contribution in [-0.2, 0) is 4.79 Å². The number of rotatable bonds is 5. The summed E-state index contributed by atoms with van der Waals surface area (Å²) < 4.78 is 0. The van der Waals surface area contributed by atoms with Gasteiger partial charge in [-0.2, -0.15) is 0 Å². The molecule has 0 saturated carbocycles. The first-order chi connectivity index (χ1) is 5.13. The number of carbonyl (C=O) groups is 1. The molecule has 0 bridgehead atoms. The first kappa shape index (κ1) is 10.2. The van der Waals surface area contributed by atoms with Crippen molar-refractivity contribution in [3.8, 4) is 0 Å². The molecule has 0 spiro atoms. The molecule has 0 atom stereocenters. The lowest BCUT2D eigenvalue weighted by molar-refractivity contribution is -0.117. The van der Waals surface area contributed by atoms with E-state index >= 15 is 0 Å². The highest BCUT2D eigenvalue weighted by Crippen LogP contribution is 1.99. The van der Waals surface area contributed by atoms with Gasteiger partial charge in [0, 0.05) is 6.42 Å². The number of ketones is 1. The van der Waals surface area contributed by atoms with Crippen molar-refractivity contribution in [3.63, 3.8) is 0 Å². The lowest BCUT2D eigenvalue weighted by Crippen LogP contribution is -1.87. The molecule has 0 aliphatic carbocycles. The Kier molecular flexibility index (Phi) is 5.44. The minimum absolute atomic E-state index is 0.272. The summed E-state index contributed by atoms with van der Waals surface area (Å²) in [7, 11) is 0. The van der Waals surface area contributed by atoms with Crippen LogP contribution in [0.1, 0.15) is 33.1 Å². The van der Waals surface area contributed by atoms with Gasteiger partial charge in [0.15, 0.2) is 0 Å². The molecular weight excluding hydrogens is 136 g/mol.